The molecule has 2 aromatic carbocycles. The summed E-state index contributed by atoms with van der Waals surface area (Å²) in [5.74, 6) is 1.82. The monoisotopic (exact) mass is 506 g/mol. The summed E-state index contributed by atoms with van der Waals surface area (Å²) in [5, 5.41) is 9.38. The molecule has 10 heteroatoms. The van der Waals surface area contributed by atoms with Gasteiger partial charge in [0.1, 0.15) is 10.8 Å². The van der Waals surface area contributed by atoms with E-state index >= 15 is 0 Å². The van der Waals surface area contributed by atoms with Gasteiger partial charge in [-0.3, -0.25) is 4.79 Å². The van der Waals surface area contributed by atoms with Gasteiger partial charge >= 0.3 is 0 Å². The Hall–Kier alpha value is -3.76. The number of rotatable bonds is 9. The standard InChI is InChI=1S/C26H26N4O5S/c1-2-21-29-30-23(35-21)18-6-4-8-20(14-18)34-24-26(33-15-16-9-11-32-12-10-16)36-25(28-24)19-7-3-5-17(13-19)22(27)31/h3-8,13-14,16H,2,9-12,15H2,1H3,(H2,27,31). The van der Waals surface area contributed by atoms with Crippen LogP contribution in [0, 0.1) is 5.92 Å². The first-order valence-electron chi connectivity index (χ1n) is 11.8. The van der Waals surface area contributed by atoms with Crippen LogP contribution in [0.1, 0.15) is 36.0 Å². The van der Waals surface area contributed by atoms with Crippen molar-refractivity contribution in [1.82, 2.24) is 15.2 Å². The van der Waals surface area contributed by atoms with Crippen molar-refractivity contribution in [2.75, 3.05) is 19.8 Å². The van der Waals surface area contributed by atoms with Crippen LogP contribution in [0.5, 0.6) is 16.7 Å². The van der Waals surface area contributed by atoms with Crippen LogP contribution in [0.15, 0.2) is 52.9 Å². The number of hydrogen-bond acceptors (Lipinski definition) is 9. The summed E-state index contributed by atoms with van der Waals surface area (Å²) >= 11 is 1.37. The van der Waals surface area contributed by atoms with E-state index in [1.807, 2.05) is 37.3 Å². The molecular formula is C26H26N4O5S. The molecule has 1 amide bonds. The second kappa shape index (κ2) is 10.9. The van der Waals surface area contributed by atoms with E-state index in [0.29, 0.717) is 58.0 Å². The van der Waals surface area contributed by atoms with Crippen LogP contribution in [0.3, 0.4) is 0 Å². The zero-order valence-electron chi connectivity index (χ0n) is 19.8. The van der Waals surface area contributed by atoms with E-state index in [2.05, 4.69) is 10.2 Å². The largest absolute Gasteiger partial charge is 0.480 e. The van der Waals surface area contributed by atoms with Gasteiger partial charge in [-0.15, -0.1) is 10.2 Å². The van der Waals surface area contributed by atoms with E-state index in [0.717, 1.165) is 37.2 Å². The Morgan fingerprint density at radius 1 is 1.11 bits per heavy atom. The summed E-state index contributed by atoms with van der Waals surface area (Å²) in [6.07, 6.45) is 2.57. The van der Waals surface area contributed by atoms with E-state index in [9.17, 15) is 4.79 Å². The van der Waals surface area contributed by atoms with Gasteiger partial charge < -0.3 is 24.4 Å². The molecule has 186 valence electrons. The summed E-state index contributed by atoms with van der Waals surface area (Å²) in [6, 6.07) is 14.4. The maximum Gasteiger partial charge on any atom is 0.275 e. The van der Waals surface area contributed by atoms with Crippen molar-refractivity contribution in [2.45, 2.75) is 26.2 Å². The maximum atomic E-state index is 11.7. The lowest BCUT2D eigenvalue weighted by molar-refractivity contribution is 0.0500. The molecule has 1 aliphatic heterocycles. The smallest absolute Gasteiger partial charge is 0.275 e. The van der Waals surface area contributed by atoms with E-state index < -0.39 is 5.91 Å². The number of ether oxygens (including phenoxy) is 3. The number of hydrogen-bond donors (Lipinski definition) is 1. The van der Waals surface area contributed by atoms with Crippen LogP contribution < -0.4 is 15.2 Å². The lowest BCUT2D eigenvalue weighted by Crippen LogP contribution is -2.21. The summed E-state index contributed by atoms with van der Waals surface area (Å²) < 4.78 is 23.5. The molecule has 0 atom stereocenters. The lowest BCUT2D eigenvalue weighted by Gasteiger charge is -2.21. The van der Waals surface area contributed by atoms with Gasteiger partial charge in [-0.25, -0.2) is 0 Å². The molecule has 0 aliphatic carbocycles. The fraction of sp³-hybridized carbons (Fsp3) is 0.308. The zero-order valence-corrected chi connectivity index (χ0v) is 20.6. The normalized spacial score (nSPS) is 14.0. The quantitative estimate of drug-likeness (QED) is 0.332. The first-order valence-corrected chi connectivity index (χ1v) is 12.6. The Morgan fingerprint density at radius 3 is 2.69 bits per heavy atom. The highest BCUT2D eigenvalue weighted by Crippen LogP contribution is 2.42. The first-order chi connectivity index (χ1) is 17.6. The molecule has 0 radical (unpaired) electrons. The van der Waals surface area contributed by atoms with Crippen LogP contribution in [-0.2, 0) is 11.2 Å². The molecule has 1 saturated heterocycles. The Labute approximate surface area is 212 Å². The molecule has 4 aromatic rings. The minimum absolute atomic E-state index is 0.350. The molecule has 2 aromatic heterocycles. The number of carbonyl (C=O) groups excluding carboxylic acids is 1. The number of carbonyl (C=O) groups is 1. The Morgan fingerprint density at radius 2 is 1.92 bits per heavy atom. The summed E-state index contributed by atoms with van der Waals surface area (Å²) in [7, 11) is 0. The molecule has 9 nitrogen and oxygen atoms in total. The molecule has 1 aliphatic rings. The van der Waals surface area contributed by atoms with Crippen molar-refractivity contribution in [3.8, 4) is 38.7 Å². The zero-order chi connectivity index (χ0) is 24.9. The molecular weight excluding hydrogens is 480 g/mol. The van der Waals surface area contributed by atoms with Crippen LogP contribution in [0.2, 0.25) is 0 Å². The molecule has 36 heavy (non-hydrogen) atoms. The van der Waals surface area contributed by atoms with Crippen LogP contribution in [0.25, 0.3) is 22.0 Å². The van der Waals surface area contributed by atoms with E-state index in [4.69, 9.17) is 29.3 Å². The van der Waals surface area contributed by atoms with Crippen LogP contribution >= 0.6 is 11.3 Å². The third kappa shape index (κ3) is 5.55. The number of aryl methyl sites for hydroxylation is 1. The van der Waals surface area contributed by atoms with Gasteiger partial charge in [-0.2, -0.15) is 4.98 Å². The summed E-state index contributed by atoms with van der Waals surface area (Å²) in [6.45, 7) is 3.99. The average molecular weight is 507 g/mol. The average Bonchev–Trinajstić information content (AvgIpc) is 3.56. The van der Waals surface area contributed by atoms with Gasteiger partial charge in [0.2, 0.25) is 22.8 Å². The number of primary amides is 1. The maximum absolute atomic E-state index is 11.7. The van der Waals surface area contributed by atoms with E-state index in [-0.39, 0.29) is 0 Å². The SMILES string of the molecule is CCc1nnc(-c2cccc(Oc3nc(-c4cccc(C(N)=O)c4)sc3OCC3CCOCC3)c2)o1. The number of aromatic nitrogens is 3. The van der Waals surface area contributed by atoms with Crippen LogP contribution in [0.4, 0.5) is 0 Å². The highest BCUT2D eigenvalue weighted by Gasteiger charge is 2.21. The van der Waals surface area contributed by atoms with Gasteiger partial charge in [0.05, 0.1) is 6.61 Å². The summed E-state index contributed by atoms with van der Waals surface area (Å²) in [5.41, 5.74) is 7.38. The topological polar surface area (TPSA) is 123 Å². The molecule has 2 N–H and O–H groups in total. The second-order valence-corrected chi connectivity index (χ2v) is 9.37. The van der Waals surface area contributed by atoms with Crippen molar-refractivity contribution in [2.24, 2.45) is 11.7 Å². The third-order valence-corrected chi connectivity index (χ3v) is 6.82. The molecule has 0 saturated carbocycles. The second-order valence-electron chi connectivity index (χ2n) is 8.41. The Bertz CT molecular complexity index is 1350. The molecule has 0 spiro atoms. The molecule has 3 heterocycles. The summed E-state index contributed by atoms with van der Waals surface area (Å²) in [4.78, 5) is 16.4. The Balaban J connectivity index is 1.43. The van der Waals surface area contributed by atoms with Gasteiger partial charge in [0, 0.05) is 36.3 Å². The van der Waals surface area contributed by atoms with Crippen LogP contribution in [-0.4, -0.2) is 40.9 Å². The number of nitrogens with two attached hydrogens (primary N) is 1. The number of amides is 1. The first kappa shape index (κ1) is 24.0. The molecule has 0 bridgehead atoms. The van der Waals surface area contributed by atoms with E-state index in [1.165, 1.54) is 11.3 Å². The molecule has 0 unspecified atom stereocenters. The lowest BCUT2D eigenvalue weighted by atomic mass is 10.0. The van der Waals surface area contributed by atoms with Crippen molar-refractivity contribution in [1.29, 1.82) is 0 Å². The van der Waals surface area contributed by atoms with E-state index in [1.54, 1.807) is 18.2 Å². The van der Waals surface area contributed by atoms with Crippen molar-refractivity contribution >= 4 is 17.2 Å². The highest BCUT2D eigenvalue weighted by atomic mass is 32.1. The van der Waals surface area contributed by atoms with Gasteiger partial charge in [0.15, 0.2) is 0 Å². The Kier molecular flexibility index (Phi) is 7.24. The predicted octanol–water partition coefficient (Wildman–Crippen LogP) is 5.12. The minimum atomic E-state index is -0.495. The predicted molar refractivity (Wildman–Crippen MR) is 134 cm³/mol. The van der Waals surface area contributed by atoms with Gasteiger partial charge in [-0.1, -0.05) is 36.5 Å². The van der Waals surface area contributed by atoms with Gasteiger partial charge in [-0.05, 0) is 49.1 Å². The fourth-order valence-corrected chi connectivity index (χ4v) is 4.65. The van der Waals surface area contributed by atoms with Gasteiger partial charge in [0.25, 0.3) is 5.88 Å². The number of nitrogens with zero attached hydrogens (tertiary/aromatic N) is 3. The van der Waals surface area contributed by atoms with Crippen molar-refractivity contribution < 1.29 is 23.4 Å². The minimum Gasteiger partial charge on any atom is -0.480 e. The third-order valence-electron chi connectivity index (χ3n) is 5.82. The molecule has 1 fully saturated rings. The fourth-order valence-electron chi connectivity index (χ4n) is 3.80. The number of benzene rings is 2. The number of thiazole rings is 1. The molecule has 5 rings (SSSR count). The van der Waals surface area contributed by atoms with Crippen molar-refractivity contribution in [3.63, 3.8) is 0 Å². The van der Waals surface area contributed by atoms with Crippen molar-refractivity contribution in [3.05, 3.63) is 60.0 Å². The highest BCUT2D eigenvalue weighted by molar-refractivity contribution is 7.17.